The molecular weight excluding hydrogens is 397 g/mol. The first-order valence-corrected chi connectivity index (χ1v) is 9.63. The molecule has 0 fully saturated rings. The summed E-state index contributed by atoms with van der Waals surface area (Å²) in [5.74, 6) is -0.488. The summed E-state index contributed by atoms with van der Waals surface area (Å²) in [5, 5.41) is 5.29. The maximum Gasteiger partial charge on any atom is 0.573 e. The highest BCUT2D eigenvalue weighted by Gasteiger charge is 2.31. The second-order valence-corrected chi connectivity index (χ2v) is 6.68. The molecule has 0 saturated carbocycles. The lowest BCUT2D eigenvalue weighted by atomic mass is 10.1. The van der Waals surface area contributed by atoms with Crippen molar-refractivity contribution >= 4 is 23.6 Å². The van der Waals surface area contributed by atoms with E-state index >= 15 is 0 Å². The smallest absolute Gasteiger partial charge is 0.459 e. The lowest BCUT2D eigenvalue weighted by molar-refractivity contribution is -0.274. The van der Waals surface area contributed by atoms with Crippen LogP contribution in [0.3, 0.4) is 0 Å². The Labute approximate surface area is 163 Å². The number of carbonyl (C=O) groups is 2. The van der Waals surface area contributed by atoms with Gasteiger partial charge in [-0.2, -0.15) is 11.8 Å². The van der Waals surface area contributed by atoms with Gasteiger partial charge < -0.3 is 19.8 Å². The van der Waals surface area contributed by atoms with Crippen LogP contribution in [0.25, 0.3) is 0 Å². The summed E-state index contributed by atoms with van der Waals surface area (Å²) in [7, 11) is 0. The Balaban J connectivity index is 1.92. The van der Waals surface area contributed by atoms with Crippen molar-refractivity contribution in [3.63, 3.8) is 0 Å². The van der Waals surface area contributed by atoms with Crippen LogP contribution in [-0.2, 0) is 11.3 Å². The first kappa shape index (κ1) is 21.7. The number of nitrogens with one attached hydrogen (secondary N) is 2. The second kappa shape index (κ2) is 10.1. The number of halogens is 3. The fourth-order valence-corrected chi connectivity index (χ4v) is 2.73. The normalized spacial score (nSPS) is 12.3. The van der Waals surface area contributed by atoms with Crippen LogP contribution in [-0.4, -0.2) is 36.2 Å². The number of thioether (sulfide) groups is 1. The van der Waals surface area contributed by atoms with Crippen LogP contribution >= 0.6 is 11.8 Å². The zero-order chi connectivity index (χ0) is 20.6. The molecule has 2 amide bonds. The van der Waals surface area contributed by atoms with Gasteiger partial charge in [0.25, 0.3) is 5.91 Å². The number of alkyl halides is 3. The molecule has 1 aromatic carbocycles. The number of rotatable bonds is 9. The van der Waals surface area contributed by atoms with Gasteiger partial charge in [-0.05, 0) is 48.3 Å². The Kier molecular flexibility index (Phi) is 7.80. The van der Waals surface area contributed by atoms with Crippen molar-refractivity contribution in [3.8, 4) is 5.75 Å². The molecule has 0 saturated heterocycles. The summed E-state index contributed by atoms with van der Waals surface area (Å²) in [6.45, 7) is 0.0948. The third kappa shape index (κ3) is 7.18. The number of carbonyl (C=O) groups excluding carboxylic acids is 2. The van der Waals surface area contributed by atoms with E-state index in [9.17, 15) is 22.8 Å². The van der Waals surface area contributed by atoms with Crippen LogP contribution < -0.4 is 15.4 Å². The van der Waals surface area contributed by atoms with E-state index in [1.54, 1.807) is 6.07 Å². The highest BCUT2D eigenvalue weighted by atomic mass is 32.2. The third-order valence-corrected chi connectivity index (χ3v) is 4.25. The minimum absolute atomic E-state index is 0.0948. The van der Waals surface area contributed by atoms with Crippen LogP contribution in [0.1, 0.15) is 22.5 Å². The molecule has 1 heterocycles. The number of furan rings is 1. The van der Waals surface area contributed by atoms with Gasteiger partial charge in [0, 0.05) is 6.54 Å². The molecule has 1 atom stereocenters. The lowest BCUT2D eigenvalue weighted by Crippen LogP contribution is -2.46. The zero-order valence-electron chi connectivity index (χ0n) is 14.9. The number of hydrogen-bond donors (Lipinski definition) is 2. The Morgan fingerprint density at radius 1 is 1.21 bits per heavy atom. The molecule has 0 radical (unpaired) electrons. The lowest BCUT2D eigenvalue weighted by Gasteiger charge is -2.17. The summed E-state index contributed by atoms with van der Waals surface area (Å²) in [6, 6.07) is 7.45. The largest absolute Gasteiger partial charge is 0.573 e. The fourth-order valence-electron chi connectivity index (χ4n) is 2.26. The van der Waals surface area contributed by atoms with Gasteiger partial charge in [0.15, 0.2) is 5.76 Å². The Bertz CT molecular complexity index is 764. The second-order valence-electron chi connectivity index (χ2n) is 5.69. The zero-order valence-corrected chi connectivity index (χ0v) is 15.7. The Morgan fingerprint density at radius 3 is 2.50 bits per heavy atom. The minimum Gasteiger partial charge on any atom is -0.459 e. The van der Waals surface area contributed by atoms with Gasteiger partial charge in [0.2, 0.25) is 5.91 Å². The van der Waals surface area contributed by atoms with Crippen molar-refractivity contribution in [2.75, 3.05) is 12.0 Å². The highest BCUT2D eigenvalue weighted by Crippen LogP contribution is 2.22. The van der Waals surface area contributed by atoms with Gasteiger partial charge in [-0.3, -0.25) is 9.59 Å². The van der Waals surface area contributed by atoms with Gasteiger partial charge in [0.05, 0.1) is 6.26 Å². The van der Waals surface area contributed by atoms with Crippen molar-refractivity contribution < 1.29 is 31.9 Å². The molecule has 0 unspecified atom stereocenters. The SMILES string of the molecule is CSCC[C@@H](NC(=O)c1ccco1)C(=O)NCc1ccc(OC(F)(F)F)cc1. The topological polar surface area (TPSA) is 80.6 Å². The maximum absolute atomic E-state index is 12.4. The molecule has 0 bridgehead atoms. The average molecular weight is 416 g/mol. The fraction of sp³-hybridized carbons (Fsp3) is 0.333. The van der Waals surface area contributed by atoms with Crippen molar-refractivity contribution in [3.05, 3.63) is 54.0 Å². The number of amides is 2. The first-order chi connectivity index (χ1) is 13.3. The van der Waals surface area contributed by atoms with Crippen LogP contribution in [0.5, 0.6) is 5.75 Å². The highest BCUT2D eigenvalue weighted by molar-refractivity contribution is 7.98. The van der Waals surface area contributed by atoms with Gasteiger partial charge in [0.1, 0.15) is 11.8 Å². The number of hydrogen-bond acceptors (Lipinski definition) is 5. The summed E-state index contributed by atoms with van der Waals surface area (Å²) in [4.78, 5) is 24.6. The quantitative estimate of drug-likeness (QED) is 0.655. The number of benzene rings is 1. The Hall–Kier alpha value is -2.62. The van der Waals surface area contributed by atoms with Crippen molar-refractivity contribution in [1.82, 2.24) is 10.6 Å². The van der Waals surface area contributed by atoms with E-state index in [0.717, 1.165) is 0 Å². The molecule has 10 heteroatoms. The first-order valence-electron chi connectivity index (χ1n) is 8.24. The molecule has 6 nitrogen and oxygen atoms in total. The van der Waals surface area contributed by atoms with E-state index in [2.05, 4.69) is 15.4 Å². The van der Waals surface area contributed by atoms with Crippen molar-refractivity contribution in [2.45, 2.75) is 25.4 Å². The summed E-state index contributed by atoms with van der Waals surface area (Å²) >= 11 is 1.53. The maximum atomic E-state index is 12.4. The molecule has 0 spiro atoms. The molecule has 152 valence electrons. The van der Waals surface area contributed by atoms with Crippen LogP contribution in [0.15, 0.2) is 47.1 Å². The summed E-state index contributed by atoms with van der Waals surface area (Å²) in [6.07, 6.45) is -1.10. The molecule has 0 aliphatic rings. The molecule has 2 aromatic rings. The monoisotopic (exact) mass is 416 g/mol. The summed E-state index contributed by atoms with van der Waals surface area (Å²) < 4.78 is 45.3. The predicted octanol–water partition coefficient (Wildman–Crippen LogP) is 3.35. The third-order valence-electron chi connectivity index (χ3n) is 3.60. The van der Waals surface area contributed by atoms with Crippen LogP contribution in [0.4, 0.5) is 13.2 Å². The molecular formula is C18H19F3N2O4S. The number of ether oxygens (including phenoxy) is 1. The van der Waals surface area contributed by atoms with Gasteiger partial charge >= 0.3 is 6.36 Å². The Morgan fingerprint density at radius 2 is 1.93 bits per heavy atom. The molecule has 0 aliphatic carbocycles. The standard InChI is InChI=1S/C18H19F3N2O4S/c1-28-10-8-14(23-17(25)15-3-2-9-26-15)16(24)22-11-12-4-6-13(7-5-12)27-18(19,20)21/h2-7,9,14H,8,10-11H2,1H3,(H,22,24)(H,23,25)/t14-/m1/s1. The molecule has 2 rings (SSSR count). The average Bonchev–Trinajstić information content (AvgIpc) is 3.17. The molecule has 1 aromatic heterocycles. The van der Waals surface area contributed by atoms with Crippen molar-refractivity contribution in [1.29, 1.82) is 0 Å². The van der Waals surface area contributed by atoms with Gasteiger partial charge in [-0.15, -0.1) is 13.2 Å². The molecule has 2 N–H and O–H groups in total. The van der Waals surface area contributed by atoms with E-state index < -0.39 is 24.2 Å². The van der Waals surface area contributed by atoms with E-state index in [0.29, 0.717) is 17.7 Å². The van der Waals surface area contributed by atoms with Crippen LogP contribution in [0, 0.1) is 0 Å². The van der Waals surface area contributed by atoms with E-state index in [4.69, 9.17) is 4.42 Å². The van der Waals surface area contributed by atoms with E-state index in [1.807, 2.05) is 6.26 Å². The molecule has 28 heavy (non-hydrogen) atoms. The van der Waals surface area contributed by atoms with Crippen molar-refractivity contribution in [2.24, 2.45) is 0 Å². The van der Waals surface area contributed by atoms with E-state index in [-0.39, 0.29) is 18.1 Å². The predicted molar refractivity (Wildman–Crippen MR) is 97.9 cm³/mol. The minimum atomic E-state index is -4.76. The van der Waals surface area contributed by atoms with Gasteiger partial charge in [-0.1, -0.05) is 12.1 Å². The molecule has 0 aliphatic heterocycles. The van der Waals surface area contributed by atoms with E-state index in [1.165, 1.54) is 48.4 Å². The van der Waals surface area contributed by atoms with Crippen LogP contribution in [0.2, 0.25) is 0 Å². The summed E-state index contributed by atoms with van der Waals surface area (Å²) in [5.41, 5.74) is 0.587. The van der Waals surface area contributed by atoms with Gasteiger partial charge in [-0.25, -0.2) is 0 Å².